The van der Waals surface area contributed by atoms with Crippen LogP contribution < -0.4 is 15.2 Å². The van der Waals surface area contributed by atoms with Crippen molar-refractivity contribution in [2.45, 2.75) is 17.9 Å². The van der Waals surface area contributed by atoms with Gasteiger partial charge in [0.05, 0.1) is 27.6 Å². The summed E-state index contributed by atoms with van der Waals surface area (Å²) in [5.74, 6) is -0.0177. The van der Waals surface area contributed by atoms with Gasteiger partial charge in [-0.15, -0.1) is 0 Å². The second kappa shape index (κ2) is 10.7. The topological polar surface area (TPSA) is 116 Å². The van der Waals surface area contributed by atoms with Gasteiger partial charge < -0.3 is 0 Å². The highest BCUT2D eigenvalue weighted by Crippen LogP contribution is 2.25. The third-order valence-electron chi connectivity index (χ3n) is 5.68. The van der Waals surface area contributed by atoms with Crippen LogP contribution in [0, 0.1) is 6.92 Å². The van der Waals surface area contributed by atoms with E-state index in [9.17, 15) is 13.2 Å². The standard InChI is InChI=1S/C28H24N6O3S/c1-20-15-17-25(18-16-20)38(36,37)33-23-12-8-11-22(19-23)30-31-26-27(29-21-9-4-2-5-10-21)32-34(28(26)35)24-13-6-3-7-14-24/h2-19,26,33H,1H3,(H,29,32). The van der Waals surface area contributed by atoms with Crippen molar-refractivity contribution in [2.75, 3.05) is 9.73 Å². The summed E-state index contributed by atoms with van der Waals surface area (Å²) in [6.45, 7) is 1.89. The molecule has 1 aliphatic heterocycles. The number of carbonyl (C=O) groups is 1. The van der Waals surface area contributed by atoms with Crippen LogP contribution in [0.1, 0.15) is 5.56 Å². The van der Waals surface area contributed by atoms with E-state index < -0.39 is 16.1 Å². The minimum Gasteiger partial charge on any atom is -0.280 e. The molecule has 0 bridgehead atoms. The Morgan fingerprint density at radius 1 is 0.816 bits per heavy atom. The minimum atomic E-state index is -3.78. The van der Waals surface area contributed by atoms with Gasteiger partial charge in [-0.2, -0.15) is 10.2 Å². The molecule has 1 fully saturated rings. The van der Waals surface area contributed by atoms with E-state index in [2.05, 4.69) is 25.4 Å². The lowest BCUT2D eigenvalue weighted by Crippen LogP contribution is -2.35. The number of amides is 1. The van der Waals surface area contributed by atoms with Gasteiger partial charge in [-0.25, -0.2) is 18.4 Å². The lowest BCUT2D eigenvalue weighted by molar-refractivity contribution is -0.117. The Morgan fingerprint density at radius 2 is 1.47 bits per heavy atom. The van der Waals surface area contributed by atoms with E-state index in [1.807, 2.05) is 55.5 Å². The maximum Gasteiger partial charge on any atom is 0.280 e. The summed E-state index contributed by atoms with van der Waals surface area (Å²) in [5, 5.41) is 9.94. The third kappa shape index (κ3) is 5.60. The molecule has 0 saturated carbocycles. The monoisotopic (exact) mass is 524 g/mol. The number of benzene rings is 4. The zero-order valence-corrected chi connectivity index (χ0v) is 21.2. The van der Waals surface area contributed by atoms with Crippen molar-refractivity contribution in [3.63, 3.8) is 0 Å². The third-order valence-corrected chi connectivity index (χ3v) is 7.08. The highest BCUT2D eigenvalue weighted by Gasteiger charge is 2.39. The summed E-state index contributed by atoms with van der Waals surface area (Å²) in [6.07, 6.45) is 0. The quantitative estimate of drug-likeness (QED) is 0.309. The summed E-state index contributed by atoms with van der Waals surface area (Å²) in [6, 6.07) is 30.4. The highest BCUT2D eigenvalue weighted by molar-refractivity contribution is 7.92. The SMILES string of the molecule is Cc1ccc(S(=O)(=O)Nc2cccc(N=NC3C(=O)N(c4ccccc4)NC3=Nc3ccccc3)c2)cc1. The zero-order valence-electron chi connectivity index (χ0n) is 20.4. The molecule has 1 unspecified atom stereocenters. The number of hydrogen-bond donors (Lipinski definition) is 2. The van der Waals surface area contributed by atoms with Gasteiger partial charge >= 0.3 is 0 Å². The number of nitrogens with one attached hydrogen (secondary N) is 2. The predicted molar refractivity (Wildman–Crippen MR) is 147 cm³/mol. The average molecular weight is 525 g/mol. The Kier molecular flexibility index (Phi) is 6.96. The number of anilines is 2. The first-order valence-electron chi connectivity index (χ1n) is 11.8. The second-order valence-electron chi connectivity index (χ2n) is 8.54. The molecule has 5 rings (SSSR count). The summed E-state index contributed by atoms with van der Waals surface area (Å²) in [4.78, 5) is 18.0. The van der Waals surface area contributed by atoms with E-state index in [1.54, 1.807) is 60.7 Å². The molecule has 38 heavy (non-hydrogen) atoms. The Morgan fingerprint density at radius 3 is 2.18 bits per heavy atom. The molecule has 0 aliphatic carbocycles. The Labute approximate surface area is 220 Å². The number of azo groups is 1. The van der Waals surface area contributed by atoms with Gasteiger partial charge in [0.15, 0.2) is 5.84 Å². The fourth-order valence-corrected chi connectivity index (χ4v) is 4.81. The second-order valence-corrected chi connectivity index (χ2v) is 10.2. The van der Waals surface area contributed by atoms with Crippen molar-refractivity contribution in [3.8, 4) is 0 Å². The van der Waals surface area contributed by atoms with Gasteiger partial charge in [0.1, 0.15) is 0 Å². The number of hydrogen-bond acceptors (Lipinski definition) is 6. The van der Waals surface area contributed by atoms with Crippen LogP contribution in [0.4, 0.5) is 22.7 Å². The molecule has 4 aromatic rings. The van der Waals surface area contributed by atoms with Crippen molar-refractivity contribution < 1.29 is 13.2 Å². The van der Waals surface area contributed by atoms with Crippen LogP contribution in [0.2, 0.25) is 0 Å². The average Bonchev–Trinajstić information content (AvgIpc) is 3.23. The zero-order chi connectivity index (χ0) is 26.5. The van der Waals surface area contributed by atoms with Crippen LogP contribution in [0.3, 0.4) is 0 Å². The molecule has 0 aromatic heterocycles. The molecule has 1 heterocycles. The van der Waals surface area contributed by atoms with Crippen molar-refractivity contribution in [1.29, 1.82) is 0 Å². The number of rotatable bonds is 7. The van der Waals surface area contributed by atoms with Crippen LogP contribution in [-0.2, 0) is 14.8 Å². The number of carbonyl (C=O) groups excluding carboxylic acids is 1. The molecule has 1 aliphatic rings. The van der Waals surface area contributed by atoms with E-state index >= 15 is 0 Å². The maximum absolute atomic E-state index is 13.3. The maximum atomic E-state index is 13.3. The van der Waals surface area contributed by atoms with E-state index in [0.29, 0.717) is 28.6 Å². The summed E-state index contributed by atoms with van der Waals surface area (Å²) in [5.41, 5.74) is 6.00. The summed E-state index contributed by atoms with van der Waals surface area (Å²) in [7, 11) is -3.78. The highest BCUT2D eigenvalue weighted by atomic mass is 32.2. The fraction of sp³-hybridized carbons (Fsp3) is 0.0714. The normalized spacial score (nSPS) is 16.7. The number of sulfonamides is 1. The van der Waals surface area contributed by atoms with Crippen molar-refractivity contribution in [1.82, 2.24) is 5.43 Å². The number of aliphatic imine (C=N–C) groups is 1. The first kappa shape index (κ1) is 24.8. The largest absolute Gasteiger partial charge is 0.280 e. The van der Waals surface area contributed by atoms with Crippen LogP contribution >= 0.6 is 0 Å². The van der Waals surface area contributed by atoms with Gasteiger partial charge in [-0.1, -0.05) is 60.2 Å². The van der Waals surface area contributed by atoms with E-state index in [4.69, 9.17) is 0 Å². The van der Waals surface area contributed by atoms with Crippen LogP contribution in [0.5, 0.6) is 0 Å². The van der Waals surface area contributed by atoms with Gasteiger partial charge in [0, 0.05) is 0 Å². The van der Waals surface area contributed by atoms with E-state index in [1.165, 1.54) is 5.01 Å². The number of hydrazine groups is 1. The molecular weight excluding hydrogens is 500 g/mol. The molecule has 9 nitrogen and oxygen atoms in total. The fourth-order valence-electron chi connectivity index (χ4n) is 3.76. The number of aryl methyl sites for hydroxylation is 1. The minimum absolute atomic E-state index is 0.153. The lowest BCUT2D eigenvalue weighted by atomic mass is 10.2. The first-order valence-corrected chi connectivity index (χ1v) is 13.3. The van der Waals surface area contributed by atoms with Crippen molar-refractivity contribution in [2.24, 2.45) is 15.2 Å². The van der Waals surface area contributed by atoms with Crippen molar-refractivity contribution >= 4 is 44.5 Å². The Bertz CT molecular complexity index is 1610. The molecule has 2 N–H and O–H groups in total. The molecule has 1 amide bonds. The molecule has 1 saturated heterocycles. The smallest absolute Gasteiger partial charge is 0.280 e. The Balaban J connectivity index is 1.41. The molecule has 0 radical (unpaired) electrons. The number of amidine groups is 1. The van der Waals surface area contributed by atoms with Gasteiger partial charge in [-0.3, -0.25) is 14.9 Å². The number of para-hydroxylation sites is 2. The molecule has 1 atom stereocenters. The molecule has 10 heteroatoms. The first-order chi connectivity index (χ1) is 18.4. The van der Waals surface area contributed by atoms with Gasteiger partial charge in [-0.05, 0) is 61.5 Å². The van der Waals surface area contributed by atoms with E-state index in [0.717, 1.165) is 5.56 Å². The van der Waals surface area contributed by atoms with Crippen LogP contribution in [0.25, 0.3) is 0 Å². The number of nitrogens with zero attached hydrogens (tertiary/aromatic N) is 4. The molecule has 190 valence electrons. The molecular formula is C28H24N6O3S. The van der Waals surface area contributed by atoms with Crippen LogP contribution in [0.15, 0.2) is 129 Å². The van der Waals surface area contributed by atoms with Gasteiger partial charge in [0.2, 0.25) is 6.04 Å². The summed E-state index contributed by atoms with van der Waals surface area (Å²) >= 11 is 0. The van der Waals surface area contributed by atoms with Crippen LogP contribution in [-0.4, -0.2) is 26.2 Å². The molecule has 0 spiro atoms. The van der Waals surface area contributed by atoms with Gasteiger partial charge in [0.25, 0.3) is 15.9 Å². The summed E-state index contributed by atoms with van der Waals surface area (Å²) < 4.78 is 28.1. The molecule has 4 aromatic carbocycles. The van der Waals surface area contributed by atoms with E-state index in [-0.39, 0.29) is 10.8 Å². The van der Waals surface area contributed by atoms with Crippen molar-refractivity contribution in [3.05, 3.63) is 115 Å². The lowest BCUT2D eigenvalue weighted by Gasteiger charge is -2.15. The Hall–Kier alpha value is -4.83. The predicted octanol–water partition coefficient (Wildman–Crippen LogP) is 5.53.